The number of oxazole rings is 1. The molecule has 2 aliphatic rings. The number of furan rings is 1. The summed E-state index contributed by atoms with van der Waals surface area (Å²) in [4.78, 5) is 18.9. The minimum Gasteiger partial charge on any atom is -0.482 e. The van der Waals surface area contributed by atoms with Crippen molar-refractivity contribution in [2.75, 3.05) is 6.54 Å². The van der Waals surface area contributed by atoms with Crippen LogP contribution in [0.15, 0.2) is 64.0 Å². The summed E-state index contributed by atoms with van der Waals surface area (Å²) in [5.41, 5.74) is 3.29. The third-order valence-electron chi connectivity index (χ3n) is 6.42. The number of carbonyl (C=O) groups is 1. The third-order valence-corrected chi connectivity index (χ3v) is 6.42. The van der Waals surface area contributed by atoms with E-state index in [0.29, 0.717) is 42.3 Å². The predicted octanol–water partition coefficient (Wildman–Crippen LogP) is 5.13. The van der Waals surface area contributed by atoms with E-state index < -0.39 is 0 Å². The van der Waals surface area contributed by atoms with Gasteiger partial charge in [-0.15, -0.1) is 0 Å². The summed E-state index contributed by atoms with van der Waals surface area (Å²) in [5, 5.41) is 9.82. The fraction of sp³-hybridized carbons (Fsp3) is 0.296. The van der Waals surface area contributed by atoms with E-state index in [2.05, 4.69) is 23.2 Å². The van der Waals surface area contributed by atoms with Gasteiger partial charge in [-0.1, -0.05) is 12.2 Å². The number of ether oxygens (including phenoxy) is 1. The van der Waals surface area contributed by atoms with E-state index in [-0.39, 0.29) is 17.9 Å². The second-order valence-corrected chi connectivity index (χ2v) is 8.59. The lowest BCUT2D eigenvalue weighted by atomic mass is 9.95. The van der Waals surface area contributed by atoms with E-state index >= 15 is 0 Å². The molecule has 1 aromatic carbocycles. The highest BCUT2D eigenvalue weighted by Crippen LogP contribution is 2.38. The number of hydrogen-bond acceptors (Lipinski definition) is 6. The van der Waals surface area contributed by atoms with Gasteiger partial charge in [-0.2, -0.15) is 5.26 Å². The van der Waals surface area contributed by atoms with Gasteiger partial charge < -0.3 is 18.5 Å². The zero-order chi connectivity index (χ0) is 23.5. The van der Waals surface area contributed by atoms with E-state index in [1.165, 1.54) is 12.5 Å². The number of aryl methyl sites for hydroxylation is 1. The van der Waals surface area contributed by atoms with Crippen molar-refractivity contribution in [3.63, 3.8) is 0 Å². The molecule has 0 bridgehead atoms. The Hall–Kier alpha value is -4.05. The molecular weight excluding hydrogens is 430 g/mol. The molecule has 0 saturated heterocycles. The molecule has 2 aromatic heterocycles. The molecule has 0 radical (unpaired) electrons. The van der Waals surface area contributed by atoms with Gasteiger partial charge in [0.05, 0.1) is 11.8 Å². The van der Waals surface area contributed by atoms with Gasteiger partial charge in [0.2, 0.25) is 5.91 Å². The maximum Gasteiger partial charge on any atom is 0.246 e. The van der Waals surface area contributed by atoms with Crippen LogP contribution in [0.1, 0.15) is 52.9 Å². The first-order chi connectivity index (χ1) is 16.6. The zero-order valence-corrected chi connectivity index (χ0v) is 18.9. The van der Waals surface area contributed by atoms with Crippen LogP contribution < -0.4 is 4.74 Å². The Bertz CT molecular complexity index is 1280. The summed E-state index contributed by atoms with van der Waals surface area (Å²) in [6.45, 7) is 2.91. The van der Waals surface area contributed by atoms with Gasteiger partial charge in [0.25, 0.3) is 0 Å². The minimum atomic E-state index is -0.347. The molecule has 2 unspecified atom stereocenters. The maximum absolute atomic E-state index is 12.7. The second kappa shape index (κ2) is 9.44. The molecule has 3 heterocycles. The largest absolute Gasteiger partial charge is 0.482 e. The van der Waals surface area contributed by atoms with E-state index in [1.807, 2.05) is 19.1 Å². The van der Waals surface area contributed by atoms with Crippen LogP contribution in [-0.2, 0) is 17.8 Å². The molecule has 34 heavy (non-hydrogen) atoms. The number of nitrogens with zero attached hydrogens (tertiary/aromatic N) is 3. The van der Waals surface area contributed by atoms with Gasteiger partial charge in [0.1, 0.15) is 29.0 Å². The lowest BCUT2D eigenvalue weighted by Crippen LogP contribution is -2.35. The molecule has 1 aliphatic heterocycles. The Balaban J connectivity index is 1.40. The zero-order valence-electron chi connectivity index (χ0n) is 18.9. The highest BCUT2D eigenvalue weighted by Gasteiger charge is 2.30. The molecule has 0 N–H and O–H groups in total. The van der Waals surface area contributed by atoms with Crippen molar-refractivity contribution in [1.29, 1.82) is 5.26 Å². The Morgan fingerprint density at radius 2 is 2.26 bits per heavy atom. The highest BCUT2D eigenvalue weighted by atomic mass is 16.5. The Labute approximate surface area is 197 Å². The molecule has 1 aliphatic carbocycles. The van der Waals surface area contributed by atoms with Crippen LogP contribution in [0.25, 0.3) is 6.08 Å². The van der Waals surface area contributed by atoms with Crippen LogP contribution in [0.2, 0.25) is 0 Å². The van der Waals surface area contributed by atoms with Crippen molar-refractivity contribution in [2.24, 2.45) is 5.92 Å². The highest BCUT2D eigenvalue weighted by molar-refractivity contribution is 5.91. The van der Waals surface area contributed by atoms with Gasteiger partial charge in [-0.3, -0.25) is 4.79 Å². The molecular formula is C27H25N3O4. The first-order valence-electron chi connectivity index (χ1n) is 11.4. The number of aromatic nitrogens is 1. The number of benzene rings is 1. The lowest BCUT2D eigenvalue weighted by molar-refractivity contribution is -0.126. The number of allylic oxidation sites excluding steroid dienone is 1. The average Bonchev–Trinajstić information content (AvgIpc) is 3.64. The Kier molecular flexibility index (Phi) is 6.05. The molecule has 7 heteroatoms. The monoisotopic (exact) mass is 455 g/mol. The summed E-state index contributed by atoms with van der Waals surface area (Å²) in [5.74, 6) is 1.92. The normalized spacial score (nSPS) is 18.1. The topological polar surface area (TPSA) is 92.5 Å². The molecule has 2 atom stereocenters. The number of amides is 1. The van der Waals surface area contributed by atoms with Crippen LogP contribution >= 0.6 is 0 Å². The van der Waals surface area contributed by atoms with E-state index in [4.69, 9.17) is 13.6 Å². The third kappa shape index (κ3) is 4.40. The second-order valence-electron chi connectivity index (χ2n) is 8.59. The van der Waals surface area contributed by atoms with Crippen LogP contribution in [0.3, 0.4) is 0 Å². The Morgan fingerprint density at radius 1 is 1.35 bits per heavy atom. The fourth-order valence-corrected chi connectivity index (χ4v) is 4.58. The molecule has 0 fully saturated rings. The summed E-state index contributed by atoms with van der Waals surface area (Å²) in [6.07, 6.45) is 12.8. The number of rotatable bonds is 6. The summed E-state index contributed by atoms with van der Waals surface area (Å²) in [7, 11) is 0. The fourth-order valence-electron chi connectivity index (χ4n) is 4.58. The van der Waals surface area contributed by atoms with E-state index in [1.54, 1.807) is 29.4 Å². The van der Waals surface area contributed by atoms with Gasteiger partial charge in [-0.05, 0) is 67.7 Å². The van der Waals surface area contributed by atoms with E-state index in [9.17, 15) is 10.1 Å². The SMILES string of the molecule is Cc1ocnc1C(Oc1cc2c(cc1C#N)CCN(C(=O)/C=C/c1ccco1)C2)C1C=CCC1. The van der Waals surface area contributed by atoms with Gasteiger partial charge in [-0.25, -0.2) is 4.98 Å². The van der Waals surface area contributed by atoms with Crippen LogP contribution in [0.4, 0.5) is 0 Å². The number of nitriles is 1. The number of carbonyl (C=O) groups excluding carboxylic acids is 1. The van der Waals surface area contributed by atoms with E-state index in [0.717, 1.165) is 29.7 Å². The van der Waals surface area contributed by atoms with Gasteiger partial charge >= 0.3 is 0 Å². The quantitative estimate of drug-likeness (QED) is 0.378. The molecule has 1 amide bonds. The summed E-state index contributed by atoms with van der Waals surface area (Å²) >= 11 is 0. The van der Waals surface area contributed by atoms with Gasteiger partial charge in [0, 0.05) is 25.1 Å². The van der Waals surface area contributed by atoms with Crippen molar-refractivity contribution in [3.8, 4) is 11.8 Å². The number of fused-ring (bicyclic) bond motifs is 1. The molecule has 0 spiro atoms. The standard InChI is InChI=1S/C27H25N3O4/c1-18-26(29-17-33-18)27(19-5-2-3-6-19)34-24-14-22-16-30(11-10-20(22)13-21(24)15-28)25(31)9-8-23-7-4-12-32-23/h2,4-5,7-9,12-14,17,19,27H,3,6,10-11,16H2,1H3/b9-8+. The Morgan fingerprint density at radius 3 is 2.97 bits per heavy atom. The molecule has 0 saturated carbocycles. The molecule has 3 aromatic rings. The van der Waals surface area contributed by atoms with Crippen molar-refractivity contribution in [3.05, 3.63) is 89.1 Å². The smallest absolute Gasteiger partial charge is 0.246 e. The van der Waals surface area contributed by atoms with Crippen molar-refractivity contribution in [1.82, 2.24) is 9.88 Å². The van der Waals surface area contributed by atoms with Crippen LogP contribution in [0.5, 0.6) is 5.75 Å². The average molecular weight is 456 g/mol. The van der Waals surface area contributed by atoms with Crippen molar-refractivity contribution >= 4 is 12.0 Å². The minimum absolute atomic E-state index is 0.0823. The van der Waals surface area contributed by atoms with Crippen molar-refractivity contribution < 1.29 is 18.4 Å². The number of hydrogen-bond donors (Lipinski definition) is 0. The van der Waals surface area contributed by atoms with Crippen LogP contribution in [-0.4, -0.2) is 22.3 Å². The molecule has 5 rings (SSSR count). The van der Waals surface area contributed by atoms with Crippen molar-refractivity contribution in [2.45, 2.75) is 38.8 Å². The first kappa shape index (κ1) is 21.8. The summed E-state index contributed by atoms with van der Waals surface area (Å²) < 4.78 is 17.2. The van der Waals surface area contributed by atoms with Gasteiger partial charge in [0.15, 0.2) is 12.5 Å². The predicted molar refractivity (Wildman–Crippen MR) is 124 cm³/mol. The summed E-state index contributed by atoms with van der Waals surface area (Å²) in [6, 6.07) is 9.66. The first-order valence-corrected chi connectivity index (χ1v) is 11.4. The lowest BCUT2D eigenvalue weighted by Gasteiger charge is -2.29. The molecule has 172 valence electrons. The molecule has 7 nitrogen and oxygen atoms in total. The van der Waals surface area contributed by atoms with Crippen LogP contribution in [0, 0.1) is 24.2 Å². The maximum atomic E-state index is 12.7.